The van der Waals surface area contributed by atoms with Crippen molar-refractivity contribution in [1.29, 1.82) is 0 Å². The Morgan fingerprint density at radius 2 is 1.36 bits per heavy atom. The Hall–Kier alpha value is -2.29. The van der Waals surface area contributed by atoms with Gasteiger partial charge < -0.3 is 9.64 Å². The fourth-order valence-electron chi connectivity index (χ4n) is 4.03. The summed E-state index contributed by atoms with van der Waals surface area (Å²) in [6.07, 6.45) is 8.93. The number of amides is 1. The summed E-state index contributed by atoms with van der Waals surface area (Å²) in [6, 6.07) is 21.6. The van der Waals surface area contributed by atoms with Crippen LogP contribution in [0.3, 0.4) is 0 Å². The second-order valence-electron chi connectivity index (χ2n) is 7.74. The molecule has 3 nitrogen and oxygen atoms in total. The van der Waals surface area contributed by atoms with Crippen LogP contribution in [-0.4, -0.2) is 30.7 Å². The first kappa shape index (κ1) is 20.4. The number of carbonyl (C=O) groups is 1. The van der Waals surface area contributed by atoms with Crippen LogP contribution in [0.4, 0.5) is 4.79 Å². The van der Waals surface area contributed by atoms with Gasteiger partial charge in [0.25, 0.3) is 0 Å². The summed E-state index contributed by atoms with van der Waals surface area (Å²) < 4.78 is 5.43. The molecule has 2 aromatic rings. The van der Waals surface area contributed by atoms with Crippen molar-refractivity contribution in [3.63, 3.8) is 0 Å². The second kappa shape index (κ2) is 11.5. The Labute approximate surface area is 169 Å². The first-order valence-corrected chi connectivity index (χ1v) is 10.9. The molecule has 0 bridgehead atoms. The van der Waals surface area contributed by atoms with E-state index >= 15 is 0 Å². The van der Waals surface area contributed by atoms with Crippen molar-refractivity contribution in [3.05, 3.63) is 71.8 Å². The largest absolute Gasteiger partial charge is 0.449 e. The van der Waals surface area contributed by atoms with Crippen LogP contribution in [0.5, 0.6) is 0 Å². The molecule has 3 rings (SSSR count). The standard InChI is InChI=1S/C25H33NO2/c27-25(26-19-11-5-12-20-26)28-21-13-2-1-10-18-24(22-14-6-3-7-15-22)23-16-8-4-9-17-23/h3-4,6-9,14-17,24H,1-2,5,10-13,18-21H2. The molecule has 0 aromatic heterocycles. The van der Waals surface area contributed by atoms with Crippen molar-refractivity contribution < 1.29 is 9.53 Å². The van der Waals surface area contributed by atoms with Gasteiger partial charge >= 0.3 is 6.09 Å². The molecule has 1 aliphatic heterocycles. The molecule has 0 saturated carbocycles. The van der Waals surface area contributed by atoms with Crippen molar-refractivity contribution >= 4 is 6.09 Å². The normalized spacial score (nSPS) is 14.2. The zero-order chi connectivity index (χ0) is 19.4. The minimum absolute atomic E-state index is 0.118. The lowest BCUT2D eigenvalue weighted by molar-refractivity contribution is 0.0936. The Morgan fingerprint density at radius 1 is 0.786 bits per heavy atom. The lowest BCUT2D eigenvalue weighted by Crippen LogP contribution is -2.36. The van der Waals surface area contributed by atoms with Crippen LogP contribution in [0.25, 0.3) is 0 Å². The summed E-state index contributed by atoms with van der Waals surface area (Å²) in [5.74, 6) is 0.458. The molecular weight excluding hydrogens is 346 g/mol. The van der Waals surface area contributed by atoms with Crippen molar-refractivity contribution in [2.75, 3.05) is 19.7 Å². The van der Waals surface area contributed by atoms with Crippen LogP contribution < -0.4 is 0 Å². The van der Waals surface area contributed by atoms with E-state index in [9.17, 15) is 4.79 Å². The van der Waals surface area contributed by atoms with Gasteiger partial charge in [-0.2, -0.15) is 0 Å². The van der Waals surface area contributed by atoms with Gasteiger partial charge in [-0.25, -0.2) is 4.79 Å². The van der Waals surface area contributed by atoms with Gasteiger partial charge in [0.1, 0.15) is 0 Å². The maximum absolute atomic E-state index is 12.0. The summed E-state index contributed by atoms with van der Waals surface area (Å²) in [4.78, 5) is 13.8. The molecular formula is C25H33NO2. The minimum atomic E-state index is -0.118. The van der Waals surface area contributed by atoms with Crippen molar-refractivity contribution in [1.82, 2.24) is 4.90 Å². The molecule has 150 valence electrons. The number of unbranched alkanes of at least 4 members (excludes halogenated alkanes) is 3. The van der Waals surface area contributed by atoms with E-state index in [0.717, 1.165) is 45.2 Å². The molecule has 1 aliphatic rings. The highest BCUT2D eigenvalue weighted by Gasteiger charge is 2.17. The Morgan fingerprint density at radius 3 is 1.96 bits per heavy atom. The van der Waals surface area contributed by atoms with Gasteiger partial charge in [0.2, 0.25) is 0 Å². The van der Waals surface area contributed by atoms with Gasteiger partial charge in [0.15, 0.2) is 0 Å². The van der Waals surface area contributed by atoms with Gasteiger partial charge in [-0.3, -0.25) is 0 Å². The SMILES string of the molecule is O=C(OCCCCCCC(c1ccccc1)c1ccccc1)N1CCCCC1. The predicted octanol–water partition coefficient (Wildman–Crippen LogP) is 6.39. The summed E-state index contributed by atoms with van der Waals surface area (Å²) in [5.41, 5.74) is 2.79. The molecule has 2 aromatic carbocycles. The zero-order valence-electron chi connectivity index (χ0n) is 16.9. The monoisotopic (exact) mass is 379 g/mol. The Bertz CT molecular complexity index is 641. The Kier molecular flexibility index (Phi) is 8.42. The maximum Gasteiger partial charge on any atom is 0.409 e. The van der Waals surface area contributed by atoms with E-state index in [2.05, 4.69) is 60.7 Å². The first-order chi connectivity index (χ1) is 13.8. The van der Waals surface area contributed by atoms with Crippen LogP contribution in [0.15, 0.2) is 60.7 Å². The summed E-state index contributed by atoms with van der Waals surface area (Å²) in [5, 5.41) is 0. The quantitative estimate of drug-likeness (QED) is 0.472. The van der Waals surface area contributed by atoms with Crippen molar-refractivity contribution in [3.8, 4) is 0 Å². The van der Waals surface area contributed by atoms with E-state index < -0.39 is 0 Å². The molecule has 0 radical (unpaired) electrons. The third-order valence-electron chi connectivity index (χ3n) is 5.63. The third kappa shape index (κ3) is 6.40. The number of nitrogens with zero attached hydrogens (tertiary/aromatic N) is 1. The van der Waals surface area contributed by atoms with Crippen LogP contribution in [0.2, 0.25) is 0 Å². The van der Waals surface area contributed by atoms with Crippen molar-refractivity contribution in [2.24, 2.45) is 0 Å². The third-order valence-corrected chi connectivity index (χ3v) is 5.63. The van der Waals surface area contributed by atoms with E-state index in [1.165, 1.54) is 30.4 Å². The van der Waals surface area contributed by atoms with Gasteiger partial charge in [0, 0.05) is 19.0 Å². The van der Waals surface area contributed by atoms with E-state index in [1.807, 2.05) is 4.90 Å². The van der Waals surface area contributed by atoms with Crippen LogP contribution in [0, 0.1) is 0 Å². The van der Waals surface area contributed by atoms with Crippen LogP contribution in [-0.2, 0) is 4.74 Å². The number of hydrogen-bond donors (Lipinski definition) is 0. The minimum Gasteiger partial charge on any atom is -0.449 e. The molecule has 0 N–H and O–H groups in total. The lowest BCUT2D eigenvalue weighted by atomic mass is 9.87. The fraction of sp³-hybridized carbons (Fsp3) is 0.480. The van der Waals surface area contributed by atoms with Gasteiger partial charge in [-0.15, -0.1) is 0 Å². The van der Waals surface area contributed by atoms with E-state index in [0.29, 0.717) is 12.5 Å². The smallest absolute Gasteiger partial charge is 0.409 e. The molecule has 0 atom stereocenters. The number of hydrogen-bond acceptors (Lipinski definition) is 2. The van der Waals surface area contributed by atoms with Crippen LogP contribution >= 0.6 is 0 Å². The lowest BCUT2D eigenvalue weighted by Gasteiger charge is -2.25. The molecule has 0 aliphatic carbocycles. The predicted molar refractivity (Wildman–Crippen MR) is 115 cm³/mol. The highest BCUT2D eigenvalue weighted by molar-refractivity contribution is 5.67. The molecule has 0 spiro atoms. The number of likely N-dealkylation sites (tertiary alicyclic amines) is 1. The molecule has 1 heterocycles. The van der Waals surface area contributed by atoms with E-state index in [4.69, 9.17) is 4.74 Å². The number of benzene rings is 2. The highest BCUT2D eigenvalue weighted by Crippen LogP contribution is 2.29. The average Bonchev–Trinajstić information content (AvgIpc) is 2.77. The van der Waals surface area contributed by atoms with E-state index in [1.54, 1.807) is 0 Å². The number of piperidine rings is 1. The molecule has 1 amide bonds. The second-order valence-corrected chi connectivity index (χ2v) is 7.74. The summed E-state index contributed by atoms with van der Waals surface area (Å²) in [6.45, 7) is 2.27. The first-order valence-electron chi connectivity index (χ1n) is 10.9. The molecule has 0 unspecified atom stereocenters. The van der Waals surface area contributed by atoms with Gasteiger partial charge in [0.05, 0.1) is 6.61 Å². The molecule has 28 heavy (non-hydrogen) atoms. The molecule has 3 heteroatoms. The van der Waals surface area contributed by atoms with Gasteiger partial charge in [-0.1, -0.05) is 79.9 Å². The van der Waals surface area contributed by atoms with Gasteiger partial charge in [-0.05, 0) is 43.2 Å². The highest BCUT2D eigenvalue weighted by atomic mass is 16.6. The molecule has 1 saturated heterocycles. The zero-order valence-corrected chi connectivity index (χ0v) is 16.9. The number of carbonyl (C=O) groups excluding carboxylic acids is 1. The number of rotatable bonds is 9. The number of ether oxygens (including phenoxy) is 1. The van der Waals surface area contributed by atoms with Crippen LogP contribution in [0.1, 0.15) is 68.4 Å². The molecule has 1 fully saturated rings. The fourth-order valence-corrected chi connectivity index (χ4v) is 4.03. The average molecular weight is 380 g/mol. The topological polar surface area (TPSA) is 29.5 Å². The van der Waals surface area contributed by atoms with Crippen molar-refractivity contribution in [2.45, 2.75) is 57.3 Å². The van der Waals surface area contributed by atoms with E-state index in [-0.39, 0.29) is 6.09 Å². The maximum atomic E-state index is 12.0. The summed E-state index contributed by atoms with van der Waals surface area (Å²) in [7, 11) is 0. The Balaban J connectivity index is 1.36. The summed E-state index contributed by atoms with van der Waals surface area (Å²) >= 11 is 0.